The first-order chi connectivity index (χ1) is 12.1. The van der Waals surface area contributed by atoms with E-state index in [1.807, 2.05) is 55.5 Å². The zero-order valence-corrected chi connectivity index (χ0v) is 15.2. The van der Waals surface area contributed by atoms with Crippen LogP contribution in [0.5, 0.6) is 0 Å². The van der Waals surface area contributed by atoms with E-state index >= 15 is 0 Å². The van der Waals surface area contributed by atoms with Crippen LogP contribution >= 0.6 is 15.9 Å². The molecule has 5 nitrogen and oxygen atoms in total. The standard InChI is InChI=1S/C19H17BrN4O/c1-13-2-4-14(5-3-13)12-22-18(25)17-10-11-21-19(24-17)23-16-8-6-15(20)7-9-16/h2-11H,12H2,1H3,(H,22,25)(H,21,23,24). The molecular formula is C19H17BrN4O. The maximum Gasteiger partial charge on any atom is 0.270 e. The van der Waals surface area contributed by atoms with Crippen LogP contribution in [0.3, 0.4) is 0 Å². The summed E-state index contributed by atoms with van der Waals surface area (Å²) in [5, 5.41) is 5.95. The number of nitrogens with one attached hydrogen (secondary N) is 2. The fourth-order valence-electron chi connectivity index (χ4n) is 2.19. The third-order valence-corrected chi connectivity index (χ3v) is 4.09. The van der Waals surface area contributed by atoms with Crippen molar-refractivity contribution < 1.29 is 4.79 Å². The molecule has 2 N–H and O–H groups in total. The number of carbonyl (C=O) groups is 1. The number of aromatic nitrogens is 2. The van der Waals surface area contributed by atoms with Crippen LogP contribution in [-0.2, 0) is 6.54 Å². The molecule has 126 valence electrons. The predicted molar refractivity (Wildman–Crippen MR) is 102 cm³/mol. The van der Waals surface area contributed by atoms with Gasteiger partial charge in [0.2, 0.25) is 5.95 Å². The van der Waals surface area contributed by atoms with Gasteiger partial charge in [-0.05, 0) is 42.8 Å². The SMILES string of the molecule is Cc1ccc(CNC(=O)c2ccnc(Nc3ccc(Br)cc3)n2)cc1. The van der Waals surface area contributed by atoms with E-state index in [1.54, 1.807) is 12.3 Å². The Bertz CT molecular complexity index is 863. The molecule has 1 heterocycles. The van der Waals surface area contributed by atoms with E-state index in [0.717, 1.165) is 15.7 Å². The number of hydrogen-bond acceptors (Lipinski definition) is 4. The molecule has 0 aliphatic heterocycles. The largest absolute Gasteiger partial charge is 0.347 e. The second kappa shape index (κ2) is 7.90. The number of halogens is 1. The smallest absolute Gasteiger partial charge is 0.270 e. The van der Waals surface area contributed by atoms with Crippen LogP contribution in [0, 0.1) is 6.92 Å². The minimum Gasteiger partial charge on any atom is -0.347 e. The minimum atomic E-state index is -0.234. The summed E-state index contributed by atoms with van der Waals surface area (Å²) >= 11 is 3.39. The third-order valence-electron chi connectivity index (χ3n) is 3.56. The van der Waals surface area contributed by atoms with Crippen molar-refractivity contribution in [2.75, 3.05) is 5.32 Å². The molecule has 0 atom stereocenters. The van der Waals surface area contributed by atoms with Crippen LogP contribution in [0.15, 0.2) is 65.3 Å². The molecule has 1 aromatic heterocycles. The maximum absolute atomic E-state index is 12.3. The van der Waals surface area contributed by atoms with Gasteiger partial charge in [-0.15, -0.1) is 0 Å². The van der Waals surface area contributed by atoms with Gasteiger partial charge in [-0.25, -0.2) is 9.97 Å². The van der Waals surface area contributed by atoms with Crippen LogP contribution in [0.4, 0.5) is 11.6 Å². The van der Waals surface area contributed by atoms with Crippen LogP contribution in [-0.4, -0.2) is 15.9 Å². The monoisotopic (exact) mass is 396 g/mol. The molecule has 0 spiro atoms. The van der Waals surface area contributed by atoms with E-state index in [1.165, 1.54) is 5.56 Å². The van der Waals surface area contributed by atoms with Gasteiger partial charge in [-0.2, -0.15) is 0 Å². The molecule has 0 saturated carbocycles. The van der Waals surface area contributed by atoms with Gasteiger partial charge in [-0.1, -0.05) is 45.8 Å². The number of rotatable bonds is 5. The number of benzene rings is 2. The van der Waals surface area contributed by atoms with Crippen molar-refractivity contribution in [2.45, 2.75) is 13.5 Å². The first-order valence-corrected chi connectivity index (χ1v) is 8.59. The summed E-state index contributed by atoms with van der Waals surface area (Å²) in [6, 6.07) is 17.3. The Balaban J connectivity index is 1.64. The Hall–Kier alpha value is -2.73. The number of hydrogen-bond donors (Lipinski definition) is 2. The second-order valence-corrected chi connectivity index (χ2v) is 6.48. The lowest BCUT2D eigenvalue weighted by molar-refractivity contribution is 0.0946. The van der Waals surface area contributed by atoms with Gasteiger partial charge in [0.05, 0.1) is 0 Å². The summed E-state index contributed by atoms with van der Waals surface area (Å²) in [4.78, 5) is 20.7. The number of aryl methyl sites for hydroxylation is 1. The Morgan fingerprint density at radius 3 is 2.48 bits per heavy atom. The molecule has 6 heteroatoms. The van der Waals surface area contributed by atoms with Gasteiger partial charge < -0.3 is 10.6 Å². The number of nitrogens with zero attached hydrogens (tertiary/aromatic N) is 2. The molecule has 0 bridgehead atoms. The van der Waals surface area contributed by atoms with E-state index < -0.39 is 0 Å². The van der Waals surface area contributed by atoms with Crippen molar-refractivity contribution in [3.8, 4) is 0 Å². The quantitative estimate of drug-likeness (QED) is 0.677. The molecule has 0 saturated heterocycles. The van der Waals surface area contributed by atoms with E-state index in [0.29, 0.717) is 18.2 Å². The highest BCUT2D eigenvalue weighted by Crippen LogP contribution is 2.17. The normalized spacial score (nSPS) is 10.3. The number of anilines is 2. The van der Waals surface area contributed by atoms with E-state index in [9.17, 15) is 4.79 Å². The third kappa shape index (κ3) is 4.87. The van der Waals surface area contributed by atoms with Gasteiger partial charge in [0, 0.05) is 22.9 Å². The Labute approximate surface area is 154 Å². The fraction of sp³-hybridized carbons (Fsp3) is 0.105. The zero-order valence-electron chi connectivity index (χ0n) is 13.7. The lowest BCUT2D eigenvalue weighted by Gasteiger charge is -2.08. The van der Waals surface area contributed by atoms with Gasteiger partial charge >= 0.3 is 0 Å². The first kappa shape index (κ1) is 17.1. The topological polar surface area (TPSA) is 66.9 Å². The van der Waals surface area contributed by atoms with Crippen molar-refractivity contribution in [3.63, 3.8) is 0 Å². The highest BCUT2D eigenvalue weighted by Gasteiger charge is 2.09. The van der Waals surface area contributed by atoms with E-state index in [2.05, 4.69) is 36.5 Å². The summed E-state index contributed by atoms with van der Waals surface area (Å²) in [5.41, 5.74) is 3.40. The molecule has 0 unspecified atom stereocenters. The molecule has 0 aliphatic rings. The Kier molecular flexibility index (Phi) is 5.40. The van der Waals surface area contributed by atoms with Crippen LogP contribution in [0.2, 0.25) is 0 Å². The van der Waals surface area contributed by atoms with Crippen molar-refractivity contribution in [1.82, 2.24) is 15.3 Å². The van der Waals surface area contributed by atoms with Crippen molar-refractivity contribution >= 4 is 33.5 Å². The fourth-order valence-corrected chi connectivity index (χ4v) is 2.45. The summed E-state index contributed by atoms with van der Waals surface area (Å²) < 4.78 is 0.989. The average Bonchev–Trinajstić information content (AvgIpc) is 2.63. The van der Waals surface area contributed by atoms with Crippen molar-refractivity contribution in [2.24, 2.45) is 0 Å². The highest BCUT2D eigenvalue weighted by atomic mass is 79.9. The lowest BCUT2D eigenvalue weighted by atomic mass is 10.1. The summed E-state index contributed by atoms with van der Waals surface area (Å²) in [6.45, 7) is 2.49. The Morgan fingerprint density at radius 1 is 1.04 bits per heavy atom. The van der Waals surface area contributed by atoms with E-state index in [4.69, 9.17) is 0 Å². The molecule has 2 aromatic carbocycles. The zero-order chi connectivity index (χ0) is 17.6. The summed E-state index contributed by atoms with van der Waals surface area (Å²) in [7, 11) is 0. The van der Waals surface area contributed by atoms with Gasteiger partial charge in [-0.3, -0.25) is 4.79 Å². The molecule has 0 radical (unpaired) electrons. The molecule has 0 fully saturated rings. The lowest BCUT2D eigenvalue weighted by Crippen LogP contribution is -2.24. The van der Waals surface area contributed by atoms with Crippen molar-refractivity contribution in [1.29, 1.82) is 0 Å². The number of amides is 1. The Morgan fingerprint density at radius 2 is 1.76 bits per heavy atom. The first-order valence-electron chi connectivity index (χ1n) is 7.79. The molecular weight excluding hydrogens is 380 g/mol. The predicted octanol–water partition coefficient (Wildman–Crippen LogP) is 4.22. The highest BCUT2D eigenvalue weighted by molar-refractivity contribution is 9.10. The van der Waals surface area contributed by atoms with Gasteiger partial charge in [0.1, 0.15) is 5.69 Å². The summed E-state index contributed by atoms with van der Waals surface area (Å²) in [5.74, 6) is 0.145. The maximum atomic E-state index is 12.3. The molecule has 0 aliphatic carbocycles. The van der Waals surface area contributed by atoms with Gasteiger partial charge in [0.15, 0.2) is 0 Å². The van der Waals surface area contributed by atoms with E-state index in [-0.39, 0.29) is 5.91 Å². The van der Waals surface area contributed by atoms with Crippen LogP contribution in [0.1, 0.15) is 21.6 Å². The minimum absolute atomic E-state index is 0.234. The molecule has 1 amide bonds. The van der Waals surface area contributed by atoms with Gasteiger partial charge in [0.25, 0.3) is 5.91 Å². The van der Waals surface area contributed by atoms with Crippen LogP contribution in [0.25, 0.3) is 0 Å². The molecule has 25 heavy (non-hydrogen) atoms. The number of carbonyl (C=O) groups excluding carboxylic acids is 1. The van der Waals surface area contributed by atoms with Crippen LogP contribution < -0.4 is 10.6 Å². The molecule has 3 rings (SSSR count). The van der Waals surface area contributed by atoms with Crippen molar-refractivity contribution in [3.05, 3.63) is 82.1 Å². The summed E-state index contributed by atoms with van der Waals surface area (Å²) in [6.07, 6.45) is 1.56. The molecule has 3 aromatic rings. The average molecular weight is 397 g/mol. The second-order valence-electron chi connectivity index (χ2n) is 5.57.